The van der Waals surface area contributed by atoms with Crippen LogP contribution < -0.4 is 5.32 Å². The van der Waals surface area contributed by atoms with E-state index in [2.05, 4.69) is 16.8 Å². The summed E-state index contributed by atoms with van der Waals surface area (Å²) in [5.74, 6) is 0.168. The van der Waals surface area contributed by atoms with Gasteiger partial charge in [-0.25, -0.2) is 0 Å². The van der Waals surface area contributed by atoms with Gasteiger partial charge >= 0.3 is 0 Å². The minimum absolute atomic E-state index is 0.00995. The first-order valence-corrected chi connectivity index (χ1v) is 8.78. The molecule has 0 aliphatic carbocycles. The average Bonchev–Trinajstić information content (AvgIpc) is 2.53. The fourth-order valence-corrected chi connectivity index (χ4v) is 3.77. The smallest absolute Gasteiger partial charge is 0.223 e. The highest BCUT2D eigenvalue weighted by atomic mass is 16.5. The van der Waals surface area contributed by atoms with E-state index >= 15 is 0 Å². The van der Waals surface area contributed by atoms with Crippen molar-refractivity contribution in [3.8, 4) is 0 Å². The molecule has 4 heteroatoms. The summed E-state index contributed by atoms with van der Waals surface area (Å²) < 4.78 is 5.57. The summed E-state index contributed by atoms with van der Waals surface area (Å²) in [5.41, 5.74) is 1.18. The minimum atomic E-state index is 0.00995. The number of carbonyl (C=O) groups is 1. The third-order valence-electron chi connectivity index (χ3n) is 5.14. The molecule has 22 heavy (non-hydrogen) atoms. The summed E-state index contributed by atoms with van der Waals surface area (Å²) in [7, 11) is 0. The lowest BCUT2D eigenvalue weighted by Gasteiger charge is -2.48. The molecular formula is C18H32N2O2. The van der Waals surface area contributed by atoms with E-state index in [1.807, 2.05) is 13.8 Å². The lowest BCUT2D eigenvalue weighted by molar-refractivity contribution is -0.126. The van der Waals surface area contributed by atoms with Gasteiger partial charge in [0.15, 0.2) is 0 Å². The second-order valence-electron chi connectivity index (χ2n) is 7.16. The van der Waals surface area contributed by atoms with Crippen molar-refractivity contribution in [2.45, 2.75) is 57.9 Å². The largest absolute Gasteiger partial charge is 0.381 e. The summed E-state index contributed by atoms with van der Waals surface area (Å²) in [6, 6.07) is 0. The van der Waals surface area contributed by atoms with E-state index in [0.717, 1.165) is 57.7 Å². The molecule has 0 aromatic heterocycles. The van der Waals surface area contributed by atoms with E-state index in [9.17, 15) is 4.79 Å². The van der Waals surface area contributed by atoms with Crippen LogP contribution in [0.1, 0.15) is 52.4 Å². The summed E-state index contributed by atoms with van der Waals surface area (Å²) in [5, 5.41) is 3.22. The number of hydrogen-bond acceptors (Lipinski definition) is 3. The van der Waals surface area contributed by atoms with Crippen LogP contribution in [0.15, 0.2) is 12.2 Å². The van der Waals surface area contributed by atoms with Crippen molar-refractivity contribution in [2.24, 2.45) is 5.92 Å². The highest BCUT2D eigenvalue weighted by Gasteiger charge is 2.39. The Bertz CT molecular complexity index is 383. The molecule has 0 bridgehead atoms. The maximum atomic E-state index is 12.3. The van der Waals surface area contributed by atoms with E-state index in [-0.39, 0.29) is 17.4 Å². The molecule has 0 spiro atoms. The molecule has 0 aromatic rings. The fourth-order valence-electron chi connectivity index (χ4n) is 3.77. The number of carbonyl (C=O) groups excluding carboxylic acids is 1. The molecular weight excluding hydrogens is 276 g/mol. The molecule has 1 N–H and O–H groups in total. The lowest BCUT2D eigenvalue weighted by Crippen LogP contribution is -2.60. The first kappa shape index (κ1) is 17.5. The number of allylic oxidation sites excluding steroid dienone is 1. The predicted molar refractivity (Wildman–Crippen MR) is 89.8 cm³/mol. The van der Waals surface area contributed by atoms with Crippen molar-refractivity contribution in [3.05, 3.63) is 12.2 Å². The SMILES string of the molecule is C=C(C)CC(C)C(=O)NCC1(N2CCCCC2)CCOCC1. The third kappa shape index (κ3) is 4.56. The number of nitrogens with one attached hydrogen (secondary N) is 1. The number of ether oxygens (including phenoxy) is 1. The van der Waals surface area contributed by atoms with Gasteiger partial charge < -0.3 is 10.1 Å². The highest BCUT2D eigenvalue weighted by Crippen LogP contribution is 2.30. The summed E-state index contributed by atoms with van der Waals surface area (Å²) in [4.78, 5) is 15.0. The van der Waals surface area contributed by atoms with Crippen LogP contribution in [-0.2, 0) is 9.53 Å². The van der Waals surface area contributed by atoms with Gasteiger partial charge in [-0.05, 0) is 52.1 Å². The summed E-state index contributed by atoms with van der Waals surface area (Å²) in [6.07, 6.45) is 6.73. The quantitative estimate of drug-likeness (QED) is 0.767. The molecule has 2 rings (SSSR count). The zero-order valence-corrected chi connectivity index (χ0v) is 14.3. The predicted octanol–water partition coefficient (Wildman–Crippen LogP) is 2.74. The van der Waals surface area contributed by atoms with Gasteiger partial charge in [-0.2, -0.15) is 0 Å². The Morgan fingerprint density at radius 2 is 1.91 bits per heavy atom. The van der Waals surface area contributed by atoms with Crippen LogP contribution in [0.25, 0.3) is 0 Å². The van der Waals surface area contributed by atoms with E-state index in [0.29, 0.717) is 0 Å². The van der Waals surface area contributed by atoms with Crippen LogP contribution in [0.4, 0.5) is 0 Å². The molecule has 0 aromatic carbocycles. The molecule has 2 aliphatic rings. The Morgan fingerprint density at radius 3 is 2.50 bits per heavy atom. The molecule has 1 unspecified atom stereocenters. The number of hydrogen-bond donors (Lipinski definition) is 1. The lowest BCUT2D eigenvalue weighted by atomic mass is 9.86. The van der Waals surface area contributed by atoms with Gasteiger partial charge in [0.05, 0.1) is 0 Å². The van der Waals surface area contributed by atoms with Crippen LogP contribution in [0.5, 0.6) is 0 Å². The van der Waals surface area contributed by atoms with Crippen LogP contribution >= 0.6 is 0 Å². The van der Waals surface area contributed by atoms with E-state index < -0.39 is 0 Å². The standard InChI is InChI=1S/C18H32N2O2/c1-15(2)13-16(3)17(21)19-14-18(7-11-22-12-8-18)20-9-5-4-6-10-20/h16H,1,4-14H2,2-3H3,(H,19,21). The molecule has 2 saturated heterocycles. The van der Waals surface area contributed by atoms with E-state index in [4.69, 9.17) is 4.74 Å². The first-order valence-electron chi connectivity index (χ1n) is 8.78. The van der Waals surface area contributed by atoms with Crippen LogP contribution in [0.3, 0.4) is 0 Å². The molecule has 4 nitrogen and oxygen atoms in total. The van der Waals surface area contributed by atoms with Gasteiger partial charge in [-0.15, -0.1) is 6.58 Å². The zero-order chi connectivity index (χ0) is 16.0. The Labute approximate surface area is 135 Å². The van der Waals surface area contributed by atoms with Crippen molar-refractivity contribution in [3.63, 3.8) is 0 Å². The van der Waals surface area contributed by atoms with E-state index in [1.165, 1.54) is 19.3 Å². The van der Waals surface area contributed by atoms with Gasteiger partial charge in [0, 0.05) is 31.2 Å². The van der Waals surface area contributed by atoms with Gasteiger partial charge in [-0.3, -0.25) is 9.69 Å². The van der Waals surface area contributed by atoms with Crippen molar-refractivity contribution in [1.82, 2.24) is 10.2 Å². The number of piperidine rings is 1. The Morgan fingerprint density at radius 1 is 1.27 bits per heavy atom. The highest BCUT2D eigenvalue weighted by molar-refractivity contribution is 5.78. The monoisotopic (exact) mass is 308 g/mol. The van der Waals surface area contributed by atoms with Gasteiger partial charge in [0.2, 0.25) is 5.91 Å². The van der Waals surface area contributed by atoms with Crippen LogP contribution in [0, 0.1) is 5.92 Å². The number of likely N-dealkylation sites (tertiary alicyclic amines) is 1. The Balaban J connectivity index is 1.94. The zero-order valence-electron chi connectivity index (χ0n) is 14.3. The maximum absolute atomic E-state index is 12.3. The molecule has 0 radical (unpaired) electrons. The molecule has 126 valence electrons. The first-order chi connectivity index (χ1) is 10.5. The van der Waals surface area contributed by atoms with Crippen molar-refractivity contribution < 1.29 is 9.53 Å². The number of nitrogens with zero attached hydrogens (tertiary/aromatic N) is 1. The summed E-state index contributed by atoms with van der Waals surface area (Å²) in [6.45, 7) is 12.6. The molecule has 2 fully saturated rings. The molecule has 0 saturated carbocycles. The van der Waals surface area contributed by atoms with Gasteiger partial charge in [-0.1, -0.05) is 18.9 Å². The topological polar surface area (TPSA) is 41.6 Å². The Hall–Kier alpha value is -0.870. The normalized spacial score (nSPS) is 23.7. The molecule has 1 amide bonds. The number of amides is 1. The van der Waals surface area contributed by atoms with Gasteiger partial charge in [0.25, 0.3) is 0 Å². The second kappa shape index (κ2) is 8.11. The van der Waals surface area contributed by atoms with Gasteiger partial charge in [0.1, 0.15) is 0 Å². The van der Waals surface area contributed by atoms with Crippen LogP contribution in [-0.4, -0.2) is 49.2 Å². The summed E-state index contributed by atoms with van der Waals surface area (Å²) >= 11 is 0. The maximum Gasteiger partial charge on any atom is 0.223 e. The van der Waals surface area contributed by atoms with Crippen LogP contribution in [0.2, 0.25) is 0 Å². The molecule has 2 aliphatic heterocycles. The van der Waals surface area contributed by atoms with Crippen molar-refractivity contribution >= 4 is 5.91 Å². The average molecular weight is 308 g/mol. The molecule has 2 heterocycles. The minimum Gasteiger partial charge on any atom is -0.381 e. The van der Waals surface area contributed by atoms with E-state index in [1.54, 1.807) is 0 Å². The third-order valence-corrected chi connectivity index (χ3v) is 5.14. The van der Waals surface area contributed by atoms with Crippen molar-refractivity contribution in [2.75, 3.05) is 32.8 Å². The second-order valence-corrected chi connectivity index (χ2v) is 7.16. The number of rotatable bonds is 6. The fraction of sp³-hybridized carbons (Fsp3) is 0.833. The Kier molecular flexibility index (Phi) is 6.45. The molecule has 1 atom stereocenters. The van der Waals surface area contributed by atoms with Crippen molar-refractivity contribution in [1.29, 1.82) is 0 Å².